The molecule has 1 N–H and O–H groups in total. The number of fused-ring (bicyclic) bond motifs is 1. The number of para-hydroxylation sites is 1. The Bertz CT molecular complexity index is 662. The van der Waals surface area contributed by atoms with Gasteiger partial charge in [0.05, 0.1) is 6.61 Å². The summed E-state index contributed by atoms with van der Waals surface area (Å²) < 4.78 is 11.5. The average Bonchev–Trinajstić information content (AvgIpc) is 3.25. The molecule has 1 fully saturated rings. The van der Waals surface area contributed by atoms with Crippen molar-refractivity contribution in [1.29, 1.82) is 0 Å². The molecule has 0 aliphatic carbocycles. The van der Waals surface area contributed by atoms with Crippen LogP contribution in [-0.2, 0) is 11.2 Å². The number of furan rings is 1. The summed E-state index contributed by atoms with van der Waals surface area (Å²) in [6, 6.07) is 10.2. The molecule has 1 aliphatic rings. The van der Waals surface area contributed by atoms with Crippen molar-refractivity contribution in [2.24, 2.45) is 10.9 Å². The van der Waals surface area contributed by atoms with E-state index in [0.29, 0.717) is 5.92 Å². The summed E-state index contributed by atoms with van der Waals surface area (Å²) in [5.74, 6) is 2.62. The first-order chi connectivity index (χ1) is 12.3. The van der Waals surface area contributed by atoms with Crippen LogP contribution in [-0.4, -0.2) is 50.3 Å². The lowest BCUT2D eigenvalue weighted by Gasteiger charge is -2.21. The molecule has 1 saturated heterocycles. The van der Waals surface area contributed by atoms with E-state index in [4.69, 9.17) is 14.1 Å². The lowest BCUT2D eigenvalue weighted by Crippen LogP contribution is -2.40. The molecular weight excluding hydrogens is 314 g/mol. The number of hydrogen-bond acceptors (Lipinski definition) is 3. The van der Waals surface area contributed by atoms with Crippen molar-refractivity contribution in [1.82, 2.24) is 10.2 Å². The average molecular weight is 343 g/mol. The Morgan fingerprint density at radius 1 is 1.36 bits per heavy atom. The van der Waals surface area contributed by atoms with Crippen molar-refractivity contribution in [3.05, 3.63) is 36.1 Å². The molecular formula is C20H29N3O2. The maximum absolute atomic E-state index is 5.88. The molecule has 0 radical (unpaired) electrons. The van der Waals surface area contributed by atoms with Crippen LogP contribution in [0.3, 0.4) is 0 Å². The van der Waals surface area contributed by atoms with Gasteiger partial charge in [-0.2, -0.15) is 0 Å². The molecule has 5 nitrogen and oxygen atoms in total. The SMILES string of the molecule is CCNC(=NCCc1cc2ccccc2o1)N1CCC(COCC)C1. The third-order valence-electron chi connectivity index (χ3n) is 4.57. The van der Waals surface area contributed by atoms with Crippen LogP contribution in [0.4, 0.5) is 0 Å². The van der Waals surface area contributed by atoms with E-state index in [1.165, 1.54) is 6.42 Å². The third-order valence-corrected chi connectivity index (χ3v) is 4.57. The summed E-state index contributed by atoms with van der Waals surface area (Å²) in [6.07, 6.45) is 1.99. The quantitative estimate of drug-likeness (QED) is 0.619. The van der Waals surface area contributed by atoms with Gasteiger partial charge >= 0.3 is 0 Å². The summed E-state index contributed by atoms with van der Waals surface area (Å²) in [4.78, 5) is 7.16. The molecule has 1 aromatic heterocycles. The van der Waals surface area contributed by atoms with Crippen LogP contribution in [0.1, 0.15) is 26.0 Å². The molecule has 2 heterocycles. The Kier molecular flexibility index (Phi) is 6.34. The van der Waals surface area contributed by atoms with Crippen molar-refractivity contribution in [3.8, 4) is 0 Å². The van der Waals surface area contributed by atoms with Crippen LogP contribution in [0.15, 0.2) is 39.7 Å². The first-order valence-corrected chi connectivity index (χ1v) is 9.38. The number of likely N-dealkylation sites (tertiary alicyclic amines) is 1. The fourth-order valence-electron chi connectivity index (χ4n) is 3.30. The molecule has 25 heavy (non-hydrogen) atoms. The fourth-order valence-corrected chi connectivity index (χ4v) is 3.30. The predicted octanol–water partition coefficient (Wildman–Crippen LogP) is 3.30. The minimum atomic E-state index is 0.610. The van der Waals surface area contributed by atoms with Crippen LogP contribution in [0.5, 0.6) is 0 Å². The summed E-state index contributed by atoms with van der Waals surface area (Å²) in [6.45, 7) is 9.50. The standard InChI is InChI=1S/C20H29N3O2/c1-3-21-20(23-12-10-16(14-23)15-24-4-2)22-11-9-18-13-17-7-5-6-8-19(17)25-18/h5-8,13,16H,3-4,9-12,14-15H2,1-2H3,(H,21,22). The number of benzene rings is 1. The van der Waals surface area contributed by atoms with E-state index < -0.39 is 0 Å². The van der Waals surface area contributed by atoms with Gasteiger partial charge in [-0.05, 0) is 32.4 Å². The van der Waals surface area contributed by atoms with E-state index in [1.807, 2.05) is 18.2 Å². The van der Waals surface area contributed by atoms with Crippen LogP contribution >= 0.6 is 0 Å². The van der Waals surface area contributed by atoms with Crippen LogP contribution in [0.2, 0.25) is 0 Å². The number of ether oxygens (including phenoxy) is 1. The molecule has 2 aromatic rings. The van der Waals surface area contributed by atoms with E-state index in [9.17, 15) is 0 Å². The predicted molar refractivity (Wildman–Crippen MR) is 102 cm³/mol. The van der Waals surface area contributed by atoms with Gasteiger partial charge in [0.25, 0.3) is 0 Å². The topological polar surface area (TPSA) is 50.0 Å². The molecule has 0 spiro atoms. The highest BCUT2D eigenvalue weighted by Gasteiger charge is 2.24. The normalized spacial score (nSPS) is 18.2. The lowest BCUT2D eigenvalue weighted by molar-refractivity contribution is 0.114. The Labute approximate surface area is 150 Å². The van der Waals surface area contributed by atoms with Crippen molar-refractivity contribution < 1.29 is 9.15 Å². The van der Waals surface area contributed by atoms with Crippen LogP contribution in [0.25, 0.3) is 11.0 Å². The summed E-state index contributed by atoms with van der Waals surface area (Å²) in [7, 11) is 0. The summed E-state index contributed by atoms with van der Waals surface area (Å²) in [5.41, 5.74) is 0.951. The lowest BCUT2D eigenvalue weighted by atomic mass is 10.1. The zero-order valence-electron chi connectivity index (χ0n) is 15.3. The van der Waals surface area contributed by atoms with Crippen molar-refractivity contribution in [2.75, 3.05) is 39.4 Å². The van der Waals surface area contributed by atoms with Gasteiger partial charge in [-0.15, -0.1) is 0 Å². The Balaban J connectivity index is 1.56. The highest BCUT2D eigenvalue weighted by Crippen LogP contribution is 2.19. The van der Waals surface area contributed by atoms with E-state index >= 15 is 0 Å². The largest absolute Gasteiger partial charge is 0.461 e. The van der Waals surface area contributed by atoms with Crippen molar-refractivity contribution in [3.63, 3.8) is 0 Å². The van der Waals surface area contributed by atoms with Gasteiger partial charge < -0.3 is 19.4 Å². The third kappa shape index (κ3) is 4.75. The zero-order chi connectivity index (χ0) is 17.5. The molecule has 1 aromatic carbocycles. The Morgan fingerprint density at radius 2 is 2.24 bits per heavy atom. The van der Waals surface area contributed by atoms with Crippen molar-refractivity contribution in [2.45, 2.75) is 26.7 Å². The minimum absolute atomic E-state index is 0.610. The number of aliphatic imine (C=N–C) groups is 1. The van der Waals surface area contributed by atoms with Gasteiger partial charge in [0.1, 0.15) is 11.3 Å². The molecule has 0 amide bonds. The number of guanidine groups is 1. The Morgan fingerprint density at radius 3 is 3.04 bits per heavy atom. The summed E-state index contributed by atoms with van der Waals surface area (Å²) >= 11 is 0. The van der Waals surface area contributed by atoms with Gasteiger partial charge in [0.15, 0.2) is 5.96 Å². The van der Waals surface area contributed by atoms with Gasteiger partial charge in [0, 0.05) is 50.5 Å². The van der Waals surface area contributed by atoms with Gasteiger partial charge in [-0.1, -0.05) is 18.2 Å². The maximum Gasteiger partial charge on any atom is 0.193 e. The first kappa shape index (κ1) is 17.8. The maximum atomic E-state index is 5.88. The van der Waals surface area contributed by atoms with E-state index in [0.717, 1.165) is 68.5 Å². The van der Waals surface area contributed by atoms with Gasteiger partial charge in [0.2, 0.25) is 0 Å². The van der Waals surface area contributed by atoms with Gasteiger partial charge in [-0.25, -0.2) is 0 Å². The van der Waals surface area contributed by atoms with E-state index in [2.05, 4.69) is 36.2 Å². The highest BCUT2D eigenvalue weighted by atomic mass is 16.5. The van der Waals surface area contributed by atoms with E-state index in [1.54, 1.807) is 0 Å². The van der Waals surface area contributed by atoms with E-state index in [-0.39, 0.29) is 0 Å². The minimum Gasteiger partial charge on any atom is -0.461 e. The molecule has 1 aliphatic heterocycles. The molecule has 1 unspecified atom stereocenters. The second kappa shape index (κ2) is 8.90. The molecule has 0 saturated carbocycles. The highest BCUT2D eigenvalue weighted by molar-refractivity contribution is 5.80. The van der Waals surface area contributed by atoms with Crippen molar-refractivity contribution >= 4 is 16.9 Å². The number of rotatable bonds is 7. The number of nitrogens with one attached hydrogen (secondary N) is 1. The smallest absolute Gasteiger partial charge is 0.193 e. The van der Waals surface area contributed by atoms with Crippen LogP contribution in [0, 0.1) is 5.92 Å². The zero-order valence-corrected chi connectivity index (χ0v) is 15.3. The van der Waals surface area contributed by atoms with Gasteiger partial charge in [-0.3, -0.25) is 4.99 Å². The number of hydrogen-bond donors (Lipinski definition) is 1. The fraction of sp³-hybridized carbons (Fsp3) is 0.550. The molecule has 1 atom stereocenters. The number of nitrogens with zero attached hydrogens (tertiary/aromatic N) is 2. The summed E-state index contributed by atoms with van der Waals surface area (Å²) in [5, 5.41) is 4.58. The molecule has 3 rings (SSSR count). The first-order valence-electron chi connectivity index (χ1n) is 9.38. The molecule has 136 valence electrons. The molecule has 0 bridgehead atoms. The van der Waals surface area contributed by atoms with Crippen LogP contribution < -0.4 is 5.32 Å². The second-order valence-electron chi connectivity index (χ2n) is 6.50. The Hall–Kier alpha value is -2.01. The molecule has 5 heteroatoms. The monoisotopic (exact) mass is 343 g/mol. The second-order valence-corrected chi connectivity index (χ2v) is 6.50.